The van der Waals surface area contributed by atoms with Crippen LogP contribution in [0.5, 0.6) is 0 Å². The van der Waals surface area contributed by atoms with Gasteiger partial charge < -0.3 is 44.2 Å². The van der Waals surface area contributed by atoms with Crippen LogP contribution in [0.25, 0.3) is 0 Å². The number of unbranched alkanes of at least 4 members (excludes halogenated alkanes) is 1. The Labute approximate surface area is 233 Å². The van der Waals surface area contributed by atoms with Gasteiger partial charge in [-0.2, -0.15) is 11.8 Å². The number of rotatable bonds is 24. The Morgan fingerprint density at radius 3 is 2.34 bits per heavy atom. The first kappa shape index (κ1) is 33.5. The van der Waals surface area contributed by atoms with Gasteiger partial charge in [-0.05, 0) is 32.6 Å². The highest BCUT2D eigenvalue weighted by Gasteiger charge is 2.42. The number of ether oxygens (including phenoxy) is 5. The predicted octanol–water partition coefficient (Wildman–Crippen LogP) is 1.97. The highest BCUT2D eigenvalue weighted by atomic mass is 32.2. The summed E-state index contributed by atoms with van der Waals surface area (Å²) in [6.45, 7) is 9.41. The summed E-state index contributed by atoms with van der Waals surface area (Å²) in [5.74, 6) is 1.06. The topological polar surface area (TPSA) is 126 Å². The lowest BCUT2D eigenvalue weighted by atomic mass is 10.0. The molecule has 0 aromatic heterocycles. The fourth-order valence-corrected chi connectivity index (χ4v) is 6.49. The van der Waals surface area contributed by atoms with Gasteiger partial charge in [0.05, 0.1) is 64.9 Å². The van der Waals surface area contributed by atoms with Crippen LogP contribution in [0.3, 0.4) is 0 Å². The molecular formula is C25H48N3O8PS. The average molecular weight is 582 g/mol. The molecule has 0 aromatic rings. The third kappa shape index (κ3) is 15.2. The van der Waals surface area contributed by atoms with Gasteiger partial charge in [0.15, 0.2) is 0 Å². The normalized spacial score (nSPS) is 21.4. The molecule has 0 saturated carbocycles. The quantitative estimate of drug-likeness (QED) is 0.0891. The summed E-state index contributed by atoms with van der Waals surface area (Å²) >= 11 is 1.91. The Hall–Kier alpha value is -0.720. The Morgan fingerprint density at radius 1 is 0.974 bits per heavy atom. The van der Waals surface area contributed by atoms with Crippen LogP contribution in [-0.2, 0) is 33.0 Å². The number of hydrogen-bond acceptors (Lipinski definition) is 9. The maximum Gasteiger partial charge on any atom is 0.315 e. The fraction of sp³-hybridized carbons (Fsp3) is 0.920. The third-order valence-corrected chi connectivity index (χ3v) is 8.23. The molecule has 2 aliphatic rings. The summed E-state index contributed by atoms with van der Waals surface area (Å²) < 4.78 is 33.1. The Kier molecular flexibility index (Phi) is 18.6. The van der Waals surface area contributed by atoms with E-state index < -0.39 is 8.15 Å². The highest BCUT2D eigenvalue weighted by Crippen LogP contribution is 2.33. The minimum absolute atomic E-state index is 0.0390. The van der Waals surface area contributed by atoms with Crippen molar-refractivity contribution in [3.05, 3.63) is 0 Å². The molecule has 0 aliphatic carbocycles. The van der Waals surface area contributed by atoms with Crippen molar-refractivity contribution in [1.29, 1.82) is 0 Å². The molecule has 0 radical (unpaired) electrons. The summed E-state index contributed by atoms with van der Waals surface area (Å²) in [5.41, 5.74) is 0. The predicted molar refractivity (Wildman–Crippen MR) is 150 cm³/mol. The molecule has 2 fully saturated rings. The molecule has 3 amide bonds. The standard InChI is InChI=1S/C25H48N3O8PS/c1-31-17-20(36-37(2)3)18-35-16-15-34-14-13-33-12-11-32-10-6-9-26-23(29)8-5-4-7-22-24-21(19-38-22)27-25(30)28-24/h20-22,24H,4-19H2,1-3H3,(H,26,29)(H2,27,28,30). The molecule has 2 saturated heterocycles. The summed E-state index contributed by atoms with van der Waals surface area (Å²) in [6.07, 6.45) is 4.17. The molecule has 2 aliphatic heterocycles. The second kappa shape index (κ2) is 21.1. The molecule has 3 N–H and O–H groups in total. The van der Waals surface area contributed by atoms with Crippen LogP contribution < -0.4 is 16.0 Å². The van der Waals surface area contributed by atoms with E-state index >= 15 is 0 Å². The zero-order valence-corrected chi connectivity index (χ0v) is 25.0. The summed E-state index contributed by atoms with van der Waals surface area (Å²) in [5, 5.41) is 9.37. The first-order valence-electron chi connectivity index (χ1n) is 13.6. The zero-order valence-electron chi connectivity index (χ0n) is 23.2. The van der Waals surface area contributed by atoms with Gasteiger partial charge in [-0.1, -0.05) is 6.42 Å². The van der Waals surface area contributed by atoms with Crippen molar-refractivity contribution in [2.45, 2.75) is 55.5 Å². The molecule has 2 heterocycles. The van der Waals surface area contributed by atoms with Gasteiger partial charge in [0, 0.05) is 45.8 Å². The van der Waals surface area contributed by atoms with Gasteiger partial charge in [-0.25, -0.2) is 4.79 Å². The number of methoxy groups -OCH3 is 1. The van der Waals surface area contributed by atoms with E-state index in [-0.39, 0.29) is 30.1 Å². The van der Waals surface area contributed by atoms with Crippen LogP contribution in [0.1, 0.15) is 32.1 Å². The first-order chi connectivity index (χ1) is 18.5. The number of carbonyl (C=O) groups is 2. The van der Waals surface area contributed by atoms with Crippen LogP contribution in [0.15, 0.2) is 0 Å². The molecule has 4 atom stereocenters. The number of nitrogens with one attached hydrogen (secondary N) is 3. The van der Waals surface area contributed by atoms with E-state index in [1.165, 1.54) is 0 Å². The van der Waals surface area contributed by atoms with Crippen molar-refractivity contribution in [1.82, 2.24) is 16.0 Å². The summed E-state index contributed by atoms with van der Waals surface area (Å²) in [7, 11) is 1.21. The van der Waals surface area contributed by atoms with Crippen molar-refractivity contribution in [3.8, 4) is 0 Å². The highest BCUT2D eigenvalue weighted by molar-refractivity contribution is 8.00. The lowest BCUT2D eigenvalue weighted by Gasteiger charge is -2.19. The van der Waals surface area contributed by atoms with Crippen LogP contribution >= 0.6 is 19.9 Å². The number of urea groups is 1. The number of hydrogen-bond donors (Lipinski definition) is 3. The molecular weight excluding hydrogens is 533 g/mol. The SMILES string of the molecule is COCC(COCCOCCOCCOCCCNC(=O)CCCCC1SCC2NC(=O)NC21)OP(C)C. The molecule has 38 heavy (non-hydrogen) atoms. The molecule has 13 heteroatoms. The van der Waals surface area contributed by atoms with Crippen molar-refractivity contribution in [3.63, 3.8) is 0 Å². The number of thioether (sulfide) groups is 1. The minimum atomic E-state index is -0.448. The van der Waals surface area contributed by atoms with E-state index in [1.807, 2.05) is 11.8 Å². The van der Waals surface area contributed by atoms with Crippen molar-refractivity contribution in [2.75, 3.05) is 92.2 Å². The van der Waals surface area contributed by atoms with Crippen molar-refractivity contribution >= 4 is 31.8 Å². The monoisotopic (exact) mass is 581 g/mol. The Morgan fingerprint density at radius 2 is 1.66 bits per heavy atom. The number of carbonyl (C=O) groups excluding carboxylic acids is 2. The number of amides is 3. The van der Waals surface area contributed by atoms with Crippen LogP contribution in [-0.4, -0.2) is 128 Å². The van der Waals surface area contributed by atoms with Gasteiger partial charge in [-0.15, -0.1) is 0 Å². The van der Waals surface area contributed by atoms with Crippen molar-refractivity contribution < 1.29 is 37.8 Å². The maximum atomic E-state index is 12.0. The Bertz CT molecular complexity index is 652. The first-order valence-corrected chi connectivity index (χ1v) is 16.8. The molecule has 0 bridgehead atoms. The van der Waals surface area contributed by atoms with Crippen molar-refractivity contribution in [2.24, 2.45) is 0 Å². The molecule has 11 nitrogen and oxygen atoms in total. The van der Waals surface area contributed by atoms with Crippen LogP contribution in [0, 0.1) is 0 Å². The van der Waals surface area contributed by atoms with E-state index in [0.717, 1.165) is 31.4 Å². The number of fused-ring (bicyclic) bond motifs is 1. The molecule has 0 aromatic carbocycles. The molecule has 222 valence electrons. The van der Waals surface area contributed by atoms with Gasteiger partial charge in [0.25, 0.3) is 0 Å². The second-order valence-corrected chi connectivity index (χ2v) is 12.6. The van der Waals surface area contributed by atoms with Crippen LogP contribution in [0.4, 0.5) is 4.79 Å². The van der Waals surface area contributed by atoms with Gasteiger partial charge in [0.2, 0.25) is 5.91 Å². The summed E-state index contributed by atoms with van der Waals surface area (Å²) in [4.78, 5) is 23.4. The van der Waals surface area contributed by atoms with E-state index in [0.29, 0.717) is 77.7 Å². The lowest BCUT2D eigenvalue weighted by Crippen LogP contribution is -2.36. The third-order valence-electron chi connectivity index (χ3n) is 6.00. The Balaban J connectivity index is 1.28. The van der Waals surface area contributed by atoms with Gasteiger partial charge >= 0.3 is 6.03 Å². The maximum absolute atomic E-state index is 12.0. The largest absolute Gasteiger partial charge is 0.382 e. The average Bonchev–Trinajstić information content (AvgIpc) is 3.43. The van der Waals surface area contributed by atoms with E-state index in [9.17, 15) is 9.59 Å². The second-order valence-electron chi connectivity index (χ2n) is 9.48. The fourth-order valence-electron chi connectivity index (χ4n) is 4.23. The lowest BCUT2D eigenvalue weighted by molar-refractivity contribution is -0.121. The van der Waals surface area contributed by atoms with E-state index in [4.69, 9.17) is 28.2 Å². The van der Waals surface area contributed by atoms with Gasteiger partial charge in [-0.3, -0.25) is 4.79 Å². The zero-order chi connectivity index (χ0) is 27.4. The minimum Gasteiger partial charge on any atom is -0.382 e. The summed E-state index contributed by atoms with van der Waals surface area (Å²) in [6, 6.07) is 0.446. The molecule has 2 rings (SSSR count). The molecule has 0 spiro atoms. The smallest absolute Gasteiger partial charge is 0.315 e. The van der Waals surface area contributed by atoms with E-state index in [2.05, 4.69) is 29.3 Å². The van der Waals surface area contributed by atoms with Crippen LogP contribution in [0.2, 0.25) is 0 Å². The van der Waals surface area contributed by atoms with Gasteiger partial charge in [0.1, 0.15) is 6.10 Å². The molecule has 4 unspecified atom stereocenters. The van der Waals surface area contributed by atoms with E-state index in [1.54, 1.807) is 7.11 Å².